The van der Waals surface area contributed by atoms with Crippen molar-refractivity contribution in [3.8, 4) is 0 Å². The Hall–Kier alpha value is 2.10. The normalized spacial score (nSPS) is 9.00. The molecule has 0 aliphatic rings. The first-order valence-corrected chi connectivity index (χ1v) is 17.5. The molecule has 64 valence electrons. The average molecular weight is 423 g/mol. The molecule has 0 saturated carbocycles. The number of rotatable bonds is 3. The van der Waals surface area contributed by atoms with E-state index < -0.39 is 12.0 Å². The molecule has 0 aromatic heterocycles. The summed E-state index contributed by atoms with van der Waals surface area (Å²) in [5, 5.41) is 0. The molecule has 0 aliphatic carbocycles. The third-order valence-corrected chi connectivity index (χ3v) is 0.492. The van der Waals surface area contributed by atoms with E-state index in [-0.39, 0.29) is 0 Å². The molecule has 10 heavy (non-hydrogen) atoms. The molecule has 0 atom stereocenters. The summed E-state index contributed by atoms with van der Waals surface area (Å²) in [6.45, 7) is 1.38. The molecule has 0 bridgehead atoms. The van der Waals surface area contributed by atoms with Gasteiger partial charge in [-0.25, -0.2) is 0 Å². The van der Waals surface area contributed by atoms with Crippen LogP contribution >= 0.6 is 39.1 Å². The van der Waals surface area contributed by atoms with Gasteiger partial charge in [-0.2, -0.15) is 0 Å². The second-order valence-electron chi connectivity index (χ2n) is 1.18. The van der Waals surface area contributed by atoms with Crippen LogP contribution in [0.3, 0.4) is 0 Å². The Morgan fingerprint density at radius 1 is 1.00 bits per heavy atom. The molecule has 0 heterocycles. The van der Waals surface area contributed by atoms with Crippen molar-refractivity contribution in [1.29, 1.82) is 0 Å². The van der Waals surface area contributed by atoms with Gasteiger partial charge in [0, 0.05) is 14.2 Å². The van der Waals surface area contributed by atoms with Crippen molar-refractivity contribution in [3.05, 3.63) is 0 Å². The topological polar surface area (TPSA) is 18.5 Å². The fraction of sp³-hybridized carbons (Fsp3) is 1.00. The van der Waals surface area contributed by atoms with Crippen molar-refractivity contribution in [3.63, 3.8) is 0 Å². The molecule has 0 N–H and O–H groups in total. The van der Waals surface area contributed by atoms with Gasteiger partial charge in [0.05, 0.1) is 13.2 Å². The van der Waals surface area contributed by atoms with Crippen LogP contribution in [0.1, 0.15) is 0 Å². The van der Waals surface area contributed by atoms with E-state index in [0.29, 0.717) is 13.2 Å². The Labute approximate surface area is 87.0 Å². The van der Waals surface area contributed by atoms with Gasteiger partial charge < -0.3 is 9.47 Å². The molecule has 0 amide bonds. The minimum atomic E-state index is -1.01. The summed E-state index contributed by atoms with van der Waals surface area (Å²) in [4.78, 5) is 0. The van der Waals surface area contributed by atoms with Crippen LogP contribution in [0.2, 0.25) is 0 Å². The van der Waals surface area contributed by atoms with E-state index in [1.54, 1.807) is 14.2 Å². The second-order valence-corrected chi connectivity index (χ2v) is 31.6. The van der Waals surface area contributed by atoms with Crippen LogP contribution in [-0.2, 0) is 21.5 Å². The Bertz CT molecular complexity index is 49.0. The van der Waals surface area contributed by atoms with E-state index in [1.807, 2.05) is 0 Å². The zero-order valence-electron chi connectivity index (χ0n) is 5.81. The fourth-order valence-electron chi connectivity index (χ4n) is 0.167. The van der Waals surface area contributed by atoms with Crippen LogP contribution in [0, 0.1) is 0 Å². The van der Waals surface area contributed by atoms with Crippen molar-refractivity contribution in [2.45, 2.75) is 0 Å². The summed E-state index contributed by atoms with van der Waals surface area (Å²) in [5.74, 6) is 0. The summed E-state index contributed by atoms with van der Waals surface area (Å²) >= 11 is 8.85. The zero-order chi connectivity index (χ0) is 8.41. The first-order valence-electron chi connectivity index (χ1n) is 2.40. The second kappa shape index (κ2) is 13.7. The number of hydrogen-bond donors (Lipinski definition) is 0. The van der Waals surface area contributed by atoms with Crippen LogP contribution in [0.4, 0.5) is 0 Å². The van der Waals surface area contributed by atoms with Crippen LogP contribution in [0.5, 0.6) is 0 Å². The van der Waals surface area contributed by atoms with Gasteiger partial charge in [-0.15, -0.1) is 0 Å². The third-order valence-electron chi connectivity index (χ3n) is 0.492. The first-order chi connectivity index (χ1) is 4.65. The average Bonchev–Trinajstić information content (AvgIpc) is 1.82. The molecule has 0 saturated heterocycles. The van der Waals surface area contributed by atoms with Gasteiger partial charge in [-0.3, -0.25) is 0 Å². The number of hydrogen-bond acceptors (Lipinski definition) is 2. The van der Waals surface area contributed by atoms with Gasteiger partial charge in [0.15, 0.2) is 0 Å². The number of ether oxygens (including phenoxy) is 2. The minimum absolute atomic E-state index is 0.691. The maximum absolute atomic E-state index is 4.66. The molecule has 0 aromatic carbocycles. The Balaban J connectivity index is 0. The molecule has 0 aliphatic heterocycles. The Morgan fingerprint density at radius 2 is 1.20 bits per heavy atom. The van der Waals surface area contributed by atoms with Crippen molar-refractivity contribution < 1.29 is 21.5 Å². The Morgan fingerprint density at radius 3 is 1.30 bits per heavy atom. The SMILES string of the molecule is COCCOC.[Br][Nb]([Br])[Br]. The predicted molar refractivity (Wildman–Crippen MR) is 50.5 cm³/mol. The van der Waals surface area contributed by atoms with Gasteiger partial charge in [0.1, 0.15) is 0 Å². The predicted octanol–water partition coefficient (Wildman–Crippen LogP) is 2.81. The Kier molecular flexibility index (Phi) is 20.0. The monoisotopic (exact) mass is 420 g/mol. The van der Waals surface area contributed by atoms with E-state index in [0.717, 1.165) is 0 Å². The third kappa shape index (κ3) is 32.2. The van der Waals surface area contributed by atoms with E-state index in [2.05, 4.69) is 48.5 Å². The van der Waals surface area contributed by atoms with Gasteiger partial charge in [-0.1, -0.05) is 0 Å². The summed E-state index contributed by atoms with van der Waals surface area (Å²) in [6, 6.07) is 0. The maximum atomic E-state index is 4.66. The molecule has 0 unspecified atom stereocenters. The number of methoxy groups -OCH3 is 2. The summed E-state index contributed by atoms with van der Waals surface area (Å²) in [6.07, 6.45) is 0. The van der Waals surface area contributed by atoms with Crippen molar-refractivity contribution in [2.75, 3.05) is 27.4 Å². The van der Waals surface area contributed by atoms with Gasteiger partial charge in [0.2, 0.25) is 0 Å². The molecular weight excluding hydrogens is 413 g/mol. The molecule has 0 rings (SSSR count). The van der Waals surface area contributed by atoms with Crippen LogP contribution in [-0.4, -0.2) is 27.4 Å². The van der Waals surface area contributed by atoms with Crippen LogP contribution < -0.4 is 0 Å². The molecular formula is C4H10Br3NbO2. The first kappa shape index (κ1) is 14.6. The summed E-state index contributed by atoms with van der Waals surface area (Å²) in [7, 11) is 3.30. The van der Waals surface area contributed by atoms with Gasteiger partial charge in [0.25, 0.3) is 0 Å². The van der Waals surface area contributed by atoms with Crippen LogP contribution in [0.25, 0.3) is 0 Å². The molecule has 0 fully saturated rings. The van der Waals surface area contributed by atoms with E-state index in [1.165, 1.54) is 0 Å². The van der Waals surface area contributed by atoms with E-state index in [4.69, 9.17) is 0 Å². The molecule has 0 radical (unpaired) electrons. The van der Waals surface area contributed by atoms with E-state index >= 15 is 0 Å². The molecule has 2 nitrogen and oxygen atoms in total. The van der Waals surface area contributed by atoms with Gasteiger partial charge in [-0.05, 0) is 0 Å². The van der Waals surface area contributed by atoms with Crippen LogP contribution in [0.15, 0.2) is 0 Å². The number of halogens is 3. The molecule has 6 heteroatoms. The summed E-state index contributed by atoms with van der Waals surface area (Å²) in [5.41, 5.74) is 0. The van der Waals surface area contributed by atoms with E-state index in [9.17, 15) is 0 Å². The molecule has 0 aromatic rings. The molecule has 0 spiro atoms. The zero-order valence-corrected chi connectivity index (χ0v) is 12.8. The fourth-order valence-corrected chi connectivity index (χ4v) is 0.167. The van der Waals surface area contributed by atoms with Crippen molar-refractivity contribution in [2.24, 2.45) is 0 Å². The quantitative estimate of drug-likeness (QED) is 0.514. The van der Waals surface area contributed by atoms with Crippen molar-refractivity contribution >= 4 is 39.1 Å². The van der Waals surface area contributed by atoms with Gasteiger partial charge >= 0.3 is 51.1 Å². The summed E-state index contributed by atoms with van der Waals surface area (Å²) < 4.78 is 9.31. The standard InChI is InChI=1S/C4H10O2.3BrH.Nb/c1-5-3-4-6-2;;;;/h3-4H2,1-2H3;3*1H;/q;;;;+3/p-3. The van der Waals surface area contributed by atoms with Crippen molar-refractivity contribution in [1.82, 2.24) is 0 Å².